The van der Waals surface area contributed by atoms with Crippen LogP contribution in [0.25, 0.3) is 11.0 Å². The second-order valence-electron chi connectivity index (χ2n) is 22.9. The van der Waals surface area contributed by atoms with Crippen molar-refractivity contribution in [2.45, 2.75) is 127 Å². The summed E-state index contributed by atoms with van der Waals surface area (Å²) in [7, 11) is -4.63. The van der Waals surface area contributed by atoms with Crippen LogP contribution in [0.1, 0.15) is 119 Å². The van der Waals surface area contributed by atoms with Crippen LogP contribution < -0.4 is 24.6 Å². The van der Waals surface area contributed by atoms with Crippen molar-refractivity contribution in [3.63, 3.8) is 0 Å². The number of carbonyl (C=O) groups is 1. The molecule has 2 aliphatic carbocycles. The van der Waals surface area contributed by atoms with Gasteiger partial charge < -0.3 is 39.4 Å². The number of morpholine rings is 1. The van der Waals surface area contributed by atoms with Gasteiger partial charge in [-0.25, -0.2) is 13.1 Å². The van der Waals surface area contributed by atoms with Gasteiger partial charge in [0.2, 0.25) is 5.88 Å². The van der Waals surface area contributed by atoms with Gasteiger partial charge >= 0.3 is 0 Å². The lowest BCUT2D eigenvalue weighted by molar-refractivity contribution is -0.384. The van der Waals surface area contributed by atoms with E-state index in [1.807, 2.05) is 37.4 Å². The van der Waals surface area contributed by atoms with Crippen molar-refractivity contribution in [1.29, 1.82) is 0 Å². The molecule has 0 bridgehead atoms. The summed E-state index contributed by atoms with van der Waals surface area (Å²) in [5, 5.41) is 26.8. The summed E-state index contributed by atoms with van der Waals surface area (Å²) < 4.78 is 49.4. The lowest BCUT2D eigenvalue weighted by Gasteiger charge is -2.68. The number of aromatic nitrogens is 2. The van der Waals surface area contributed by atoms with E-state index in [4.69, 9.17) is 19.2 Å². The minimum absolute atomic E-state index is 0.0441. The van der Waals surface area contributed by atoms with Crippen LogP contribution in [0, 0.1) is 26.9 Å². The normalized spacial score (nSPS) is 26.7. The molecule has 1 spiro atoms. The zero-order valence-electron chi connectivity index (χ0n) is 43.1. The van der Waals surface area contributed by atoms with Gasteiger partial charge in [0.05, 0.1) is 58.6 Å². The predicted octanol–water partition coefficient (Wildman–Crippen LogP) is 9.21. The number of amides is 1. The van der Waals surface area contributed by atoms with E-state index in [1.165, 1.54) is 23.3 Å². The number of aromatic amines is 1. The molecule has 394 valence electrons. The number of nitrogens with one attached hydrogen (secondary N) is 3. The van der Waals surface area contributed by atoms with Crippen molar-refractivity contribution >= 4 is 55.4 Å². The highest BCUT2D eigenvalue weighted by Gasteiger charge is 2.62. The van der Waals surface area contributed by atoms with E-state index in [-0.39, 0.29) is 40.1 Å². The van der Waals surface area contributed by atoms with Crippen LogP contribution in [-0.4, -0.2) is 116 Å². The van der Waals surface area contributed by atoms with E-state index in [0.29, 0.717) is 80.5 Å². The average molecular weight is 1030 g/mol. The first kappa shape index (κ1) is 50.4. The molecular weight excluding hydrogens is 961 g/mol. The van der Waals surface area contributed by atoms with Gasteiger partial charge in [0.15, 0.2) is 0 Å². The van der Waals surface area contributed by atoms with Gasteiger partial charge in [0.25, 0.3) is 21.6 Å². The maximum atomic E-state index is 14.8. The Kier molecular flexibility index (Phi) is 13.2. The van der Waals surface area contributed by atoms with Gasteiger partial charge in [-0.3, -0.25) is 19.8 Å². The molecule has 6 heterocycles. The molecule has 18 heteroatoms. The molecule has 0 unspecified atom stereocenters. The topological polar surface area (TPSA) is 205 Å². The number of hydrogen-bond acceptors (Lipinski definition) is 14. The van der Waals surface area contributed by atoms with Gasteiger partial charge in [0.1, 0.15) is 23.1 Å². The molecule has 74 heavy (non-hydrogen) atoms. The van der Waals surface area contributed by atoms with E-state index in [0.717, 1.165) is 75.5 Å². The van der Waals surface area contributed by atoms with Gasteiger partial charge in [-0.15, -0.1) is 0 Å². The van der Waals surface area contributed by atoms with Crippen LogP contribution in [0.2, 0.25) is 0 Å². The molecule has 4 aliphatic heterocycles. The summed E-state index contributed by atoms with van der Waals surface area (Å²) in [6.45, 7) is 16.4. The molecule has 3 saturated heterocycles. The van der Waals surface area contributed by atoms with Crippen LogP contribution in [0.3, 0.4) is 0 Å². The highest BCUT2D eigenvalue weighted by atomic mass is 32.2. The predicted molar refractivity (Wildman–Crippen MR) is 284 cm³/mol. The van der Waals surface area contributed by atoms with E-state index in [9.17, 15) is 28.4 Å². The monoisotopic (exact) mass is 1030 g/mol. The number of nitro groups is 1. The number of nitrogens with zero attached hydrogens (tertiary/aromatic N) is 5. The number of aliphatic hydroxyl groups is 1. The minimum Gasteiger partial charge on any atom is -0.468 e. The fourth-order valence-electron chi connectivity index (χ4n) is 13.3. The molecule has 3 aromatic carbocycles. The van der Waals surface area contributed by atoms with Crippen molar-refractivity contribution in [1.82, 2.24) is 19.6 Å². The molecular formula is C56H70N8O9S. The Bertz CT molecular complexity index is 3050. The molecule has 0 radical (unpaired) electrons. The zero-order chi connectivity index (χ0) is 51.7. The van der Waals surface area contributed by atoms with Crippen molar-refractivity contribution in [2.24, 2.45) is 16.7 Å². The smallest absolute Gasteiger partial charge is 0.293 e. The number of nitro benzene ring substituents is 1. The first-order chi connectivity index (χ1) is 35.4. The number of ether oxygens (including phenoxy) is 3. The largest absolute Gasteiger partial charge is 0.468 e. The van der Waals surface area contributed by atoms with Gasteiger partial charge in [0, 0.05) is 62.2 Å². The number of sulfonamides is 1. The number of fused-ring (bicyclic) bond motifs is 3. The van der Waals surface area contributed by atoms with Crippen molar-refractivity contribution < 1.29 is 37.5 Å². The Morgan fingerprint density at radius 3 is 2.46 bits per heavy atom. The van der Waals surface area contributed by atoms with Crippen molar-refractivity contribution in [3.05, 3.63) is 106 Å². The Hall–Kier alpha value is -5.79. The quantitative estimate of drug-likeness (QED) is 0.0680. The van der Waals surface area contributed by atoms with Crippen LogP contribution >= 0.6 is 0 Å². The van der Waals surface area contributed by atoms with Gasteiger partial charge in [-0.2, -0.15) is 4.98 Å². The van der Waals surface area contributed by atoms with E-state index < -0.39 is 43.1 Å². The lowest BCUT2D eigenvalue weighted by atomic mass is 9.44. The number of pyridine rings is 1. The molecule has 5 fully saturated rings. The van der Waals surface area contributed by atoms with Crippen LogP contribution in [0.4, 0.5) is 28.4 Å². The average Bonchev–Trinajstić information content (AvgIpc) is 3.86. The summed E-state index contributed by atoms with van der Waals surface area (Å²) >= 11 is 0. The summed E-state index contributed by atoms with van der Waals surface area (Å²) in [6, 6.07) is 22.3. The summed E-state index contributed by atoms with van der Waals surface area (Å²) in [4.78, 5) is 41.4. The molecule has 17 nitrogen and oxygen atoms in total. The molecule has 1 amide bonds. The van der Waals surface area contributed by atoms with Crippen molar-refractivity contribution in [2.75, 3.05) is 67.7 Å². The Morgan fingerprint density at radius 1 is 0.932 bits per heavy atom. The third kappa shape index (κ3) is 9.17. The maximum absolute atomic E-state index is 14.8. The number of piperidine rings is 1. The number of benzene rings is 3. The van der Waals surface area contributed by atoms with Gasteiger partial charge in [-0.05, 0) is 135 Å². The summed E-state index contributed by atoms with van der Waals surface area (Å²) in [5.41, 5.74) is 4.77. The number of hydrogen-bond donors (Lipinski definition) is 4. The molecule has 4 N–H and O–H groups in total. The first-order valence-corrected chi connectivity index (χ1v) is 28.1. The van der Waals surface area contributed by atoms with E-state index >= 15 is 0 Å². The third-order valence-corrected chi connectivity index (χ3v) is 19.3. The SMILES string of the molecule is CC(C)c1ccccc1[C@@H]1COCCN1[C@@H]1CC2(CCN(c3ccc(C(=O)NS(=O)(=O)c4ccc(NCC5CCC(C)(O)CC5)c([N+](=O)[O-])c4)c(N4c5cc6cc[nH]c6nc5O[C@H]5COCC[C@@H]54)c3)CC2)C1(C)C. The Labute approximate surface area is 433 Å². The third-order valence-electron chi connectivity index (χ3n) is 18.0. The van der Waals surface area contributed by atoms with Crippen LogP contribution in [0.5, 0.6) is 5.88 Å². The van der Waals surface area contributed by atoms with Crippen molar-refractivity contribution in [3.8, 4) is 5.88 Å². The number of H-pyrrole nitrogens is 1. The zero-order valence-corrected chi connectivity index (χ0v) is 44.0. The summed E-state index contributed by atoms with van der Waals surface area (Å²) in [5.74, 6) is 0.0918. The lowest BCUT2D eigenvalue weighted by Crippen LogP contribution is -2.68. The number of rotatable bonds is 12. The van der Waals surface area contributed by atoms with E-state index in [1.54, 1.807) is 6.07 Å². The molecule has 11 rings (SSSR count). The van der Waals surface area contributed by atoms with Crippen LogP contribution in [-0.2, 0) is 19.5 Å². The minimum atomic E-state index is -4.63. The fourth-order valence-corrected chi connectivity index (χ4v) is 14.3. The van der Waals surface area contributed by atoms with Gasteiger partial charge in [-0.1, -0.05) is 52.0 Å². The molecule has 6 aliphatic rings. The Morgan fingerprint density at radius 2 is 1.70 bits per heavy atom. The number of anilines is 4. The molecule has 2 aromatic heterocycles. The van der Waals surface area contributed by atoms with Crippen LogP contribution in [0.15, 0.2) is 83.9 Å². The maximum Gasteiger partial charge on any atom is 0.293 e. The second kappa shape index (κ2) is 19.4. The molecule has 5 aromatic rings. The highest BCUT2D eigenvalue weighted by molar-refractivity contribution is 7.90. The standard InChI is InChI=1S/C56H70N8O9S/c1-35(2)40-8-6-7-9-41(40)48-33-72-27-25-62(48)50-31-56(54(50,3)4)20-23-61(24-21-56)38-10-12-42(45(29-38)63-44-17-26-71-34-49(44)73-53-47(63)28-37-16-22-57-51(37)59-53)52(65)60-74(69,70)39-11-13-43(46(30-39)64(67)68)58-32-36-14-18-55(5,66)19-15-36/h6-13,16,22,28-30,35-36,44,48-50,58,66H,14-15,17-21,23-27,31-34H2,1-5H3,(H,57,59)(H,60,65)/t36?,44-,48-,49-,50+,55?/m0/s1. The van der Waals surface area contributed by atoms with E-state index in [2.05, 4.69) is 81.7 Å². The highest BCUT2D eigenvalue weighted by Crippen LogP contribution is 2.64. The second-order valence-corrected chi connectivity index (χ2v) is 24.6. The molecule has 2 saturated carbocycles. The first-order valence-electron chi connectivity index (χ1n) is 26.6. The summed E-state index contributed by atoms with van der Waals surface area (Å²) in [6.07, 6.45) is 7.82. The molecule has 4 atom stereocenters. The fraction of sp³-hybridized carbons (Fsp3) is 0.536. The Balaban J connectivity index is 0.882. The number of carbonyl (C=O) groups excluding carboxylic acids is 1.